The van der Waals surface area contributed by atoms with Crippen LogP contribution in [0, 0.1) is 0 Å². The number of carbonyl (C=O) groups is 3. The van der Waals surface area contributed by atoms with E-state index < -0.39 is 31.4 Å². The molecular weight excluding hydrogens is 524 g/mol. The van der Waals surface area contributed by atoms with Gasteiger partial charge in [0.2, 0.25) is 11.8 Å². The van der Waals surface area contributed by atoms with Crippen LogP contribution in [0.2, 0.25) is 0 Å². The van der Waals surface area contributed by atoms with Gasteiger partial charge in [-0.2, -0.15) is 0 Å². The van der Waals surface area contributed by atoms with Crippen molar-refractivity contribution in [2.45, 2.75) is 63.6 Å². The molecule has 0 unspecified atom stereocenters. The van der Waals surface area contributed by atoms with Crippen molar-refractivity contribution in [3.05, 3.63) is 71.8 Å². The van der Waals surface area contributed by atoms with Crippen molar-refractivity contribution in [1.82, 2.24) is 14.9 Å². The Kier molecular flexibility index (Phi) is 11.8. The number of nitrogens with one attached hydrogen (secondary N) is 1. The second-order valence-electron chi connectivity index (χ2n) is 10.4. The number of aliphatic carboxylic acids is 1. The normalized spacial score (nSPS) is 19.9. The number of rotatable bonds is 11. The van der Waals surface area contributed by atoms with E-state index in [2.05, 4.69) is 5.09 Å². The van der Waals surface area contributed by atoms with Crippen LogP contribution in [0.15, 0.2) is 60.7 Å². The molecule has 0 aromatic heterocycles. The summed E-state index contributed by atoms with van der Waals surface area (Å²) in [5.74, 6) is -1.85. The van der Waals surface area contributed by atoms with Gasteiger partial charge >= 0.3 is 29.6 Å². The molecule has 2 aromatic carbocycles. The molecule has 2 saturated heterocycles. The van der Waals surface area contributed by atoms with Crippen molar-refractivity contribution in [3.63, 3.8) is 0 Å². The molecule has 2 amide bonds. The van der Waals surface area contributed by atoms with E-state index in [1.807, 2.05) is 60.7 Å². The predicted molar refractivity (Wildman–Crippen MR) is 145 cm³/mol. The average molecular weight is 562 g/mol. The third kappa shape index (κ3) is 8.27. The first kappa shape index (κ1) is 31.6. The van der Waals surface area contributed by atoms with E-state index in [0.717, 1.165) is 11.1 Å². The smallest absolute Gasteiger partial charge is 0.548 e. The number of amides is 2. The van der Waals surface area contributed by atoms with E-state index in [0.29, 0.717) is 63.9 Å². The Labute approximate surface area is 253 Å². The van der Waals surface area contributed by atoms with Crippen molar-refractivity contribution in [1.29, 1.82) is 0 Å². The summed E-state index contributed by atoms with van der Waals surface area (Å²) >= 11 is 0. The van der Waals surface area contributed by atoms with Gasteiger partial charge < -0.3 is 24.3 Å². The summed E-state index contributed by atoms with van der Waals surface area (Å²) < 4.78 is 14.2. The van der Waals surface area contributed by atoms with Crippen LogP contribution in [0.4, 0.5) is 0 Å². The van der Waals surface area contributed by atoms with Gasteiger partial charge in [0, 0.05) is 25.4 Å². The summed E-state index contributed by atoms with van der Waals surface area (Å²) in [5.41, 5.74) is 2.18. The standard InChI is InChI=1S/C29H38N3O5P.Na/c1-22(27(33)31-18-8-14-25(31)28(34)32-19-9-15-26(32)29(35)36)30-38(37,20-16-23-10-4-2-5-11-23)21-17-24-12-6-3-7-13-24;/h2-7,10-13,22,25-26H,8-9,14-21H2,1H3,(H,30,37)(H,35,36);/q;+1/p-1/t22-,25-,26-;/m0./s1. The molecule has 0 spiro atoms. The number of hydrogen-bond donors (Lipinski definition) is 1. The van der Waals surface area contributed by atoms with E-state index >= 15 is 0 Å². The van der Waals surface area contributed by atoms with Crippen LogP contribution in [0.1, 0.15) is 43.7 Å². The Morgan fingerprint density at radius 3 is 1.87 bits per heavy atom. The summed E-state index contributed by atoms with van der Waals surface area (Å²) in [6.45, 7) is 2.49. The first-order chi connectivity index (χ1) is 18.3. The molecule has 2 aliphatic heterocycles. The molecule has 0 saturated carbocycles. The molecule has 0 radical (unpaired) electrons. The molecule has 1 N–H and O–H groups in total. The van der Waals surface area contributed by atoms with Gasteiger partial charge in [-0.05, 0) is 56.6 Å². The Bertz CT molecular complexity index is 1120. The predicted octanol–water partition coefficient (Wildman–Crippen LogP) is -0.536. The number of benzene rings is 2. The molecule has 0 aliphatic carbocycles. The van der Waals surface area contributed by atoms with Crippen LogP contribution in [0.3, 0.4) is 0 Å². The molecule has 204 valence electrons. The Morgan fingerprint density at radius 2 is 1.36 bits per heavy atom. The van der Waals surface area contributed by atoms with Crippen molar-refractivity contribution < 1.29 is 53.6 Å². The Hall–Kier alpha value is -1.96. The quantitative estimate of drug-likeness (QED) is 0.292. The summed E-state index contributed by atoms with van der Waals surface area (Å²) in [4.78, 5) is 41.2. The van der Waals surface area contributed by atoms with E-state index in [1.165, 1.54) is 4.90 Å². The zero-order valence-corrected chi connectivity index (χ0v) is 25.9. The third-order valence-corrected chi connectivity index (χ3v) is 10.4. The van der Waals surface area contributed by atoms with Crippen molar-refractivity contribution in [2.75, 3.05) is 25.4 Å². The minimum absolute atomic E-state index is 0. The largest absolute Gasteiger partial charge is 1.00 e. The van der Waals surface area contributed by atoms with Crippen LogP contribution in [-0.2, 0) is 31.8 Å². The van der Waals surface area contributed by atoms with Crippen molar-refractivity contribution in [2.24, 2.45) is 0 Å². The fraction of sp³-hybridized carbons (Fsp3) is 0.483. The third-order valence-electron chi connectivity index (χ3n) is 7.64. The summed E-state index contributed by atoms with van der Waals surface area (Å²) in [5, 5.41) is 14.7. The van der Waals surface area contributed by atoms with Gasteiger partial charge in [0.15, 0.2) is 0 Å². The van der Waals surface area contributed by atoms with Gasteiger partial charge in [-0.15, -0.1) is 0 Å². The number of hydrogen-bond acceptors (Lipinski definition) is 5. The zero-order chi connectivity index (χ0) is 27.1. The number of carboxylic acids is 1. The first-order valence-electron chi connectivity index (χ1n) is 13.5. The molecule has 10 heteroatoms. The number of likely N-dealkylation sites (tertiary alicyclic amines) is 2. The SMILES string of the molecule is C[C@H](NP(=O)(CCc1ccccc1)CCc1ccccc1)C(=O)N1CCC[C@H]1C(=O)N1CCC[C@H]1C(=O)[O-].[Na+]. The minimum atomic E-state index is -2.97. The molecule has 0 bridgehead atoms. The molecule has 3 atom stereocenters. The second kappa shape index (κ2) is 14.6. The maximum absolute atomic E-state index is 14.2. The maximum atomic E-state index is 14.2. The van der Waals surface area contributed by atoms with Crippen LogP contribution in [0.5, 0.6) is 0 Å². The van der Waals surface area contributed by atoms with Crippen molar-refractivity contribution >= 4 is 25.1 Å². The Balaban J connectivity index is 0.00000420. The van der Waals surface area contributed by atoms with Crippen LogP contribution >= 0.6 is 7.29 Å². The van der Waals surface area contributed by atoms with Gasteiger partial charge in [0.1, 0.15) is 13.3 Å². The monoisotopic (exact) mass is 561 g/mol. The molecule has 4 rings (SSSR count). The topological polar surface area (TPSA) is 110 Å². The summed E-state index contributed by atoms with van der Waals surface area (Å²) in [6, 6.07) is 17.4. The van der Waals surface area contributed by atoms with E-state index in [4.69, 9.17) is 0 Å². The van der Waals surface area contributed by atoms with Gasteiger partial charge in [0.25, 0.3) is 0 Å². The average Bonchev–Trinajstić information content (AvgIpc) is 3.62. The molecule has 8 nitrogen and oxygen atoms in total. The summed E-state index contributed by atoms with van der Waals surface area (Å²) in [7, 11) is -2.97. The molecule has 39 heavy (non-hydrogen) atoms. The van der Waals surface area contributed by atoms with E-state index in [1.54, 1.807) is 11.8 Å². The second-order valence-corrected chi connectivity index (χ2v) is 13.3. The van der Waals surface area contributed by atoms with Gasteiger partial charge in [-0.25, -0.2) is 0 Å². The molecular formula is C29H37N3NaO5P. The fourth-order valence-corrected chi connectivity index (χ4v) is 8.10. The number of aryl methyl sites for hydroxylation is 2. The van der Waals surface area contributed by atoms with Crippen LogP contribution in [0.25, 0.3) is 0 Å². The van der Waals surface area contributed by atoms with Crippen LogP contribution < -0.4 is 39.8 Å². The van der Waals surface area contributed by atoms with E-state index in [9.17, 15) is 24.1 Å². The van der Waals surface area contributed by atoms with Gasteiger partial charge in [-0.1, -0.05) is 60.7 Å². The van der Waals surface area contributed by atoms with Crippen LogP contribution in [-0.4, -0.2) is 71.1 Å². The van der Waals surface area contributed by atoms with E-state index in [-0.39, 0.29) is 41.4 Å². The fourth-order valence-electron chi connectivity index (χ4n) is 5.56. The molecule has 2 aliphatic rings. The molecule has 2 heterocycles. The summed E-state index contributed by atoms with van der Waals surface area (Å²) in [6.07, 6.45) is 4.24. The molecule has 2 aromatic rings. The minimum Gasteiger partial charge on any atom is -0.548 e. The number of nitrogens with zero attached hydrogens (tertiary/aromatic N) is 2. The van der Waals surface area contributed by atoms with Crippen molar-refractivity contribution in [3.8, 4) is 0 Å². The van der Waals surface area contributed by atoms with Gasteiger partial charge in [0.05, 0.1) is 18.1 Å². The number of carboxylic acid groups (broad SMARTS) is 1. The Morgan fingerprint density at radius 1 is 0.872 bits per heavy atom. The van der Waals surface area contributed by atoms with Gasteiger partial charge in [-0.3, -0.25) is 14.7 Å². The molecule has 2 fully saturated rings. The maximum Gasteiger partial charge on any atom is 1.00 e. The zero-order valence-electron chi connectivity index (χ0n) is 23.0. The first-order valence-corrected chi connectivity index (χ1v) is 15.6. The number of carbonyl (C=O) groups excluding carboxylic acids is 3.